The normalized spacial score (nSPS) is 14.5. The highest BCUT2D eigenvalue weighted by Crippen LogP contribution is 2.33. The second kappa shape index (κ2) is 7.70. The first-order chi connectivity index (χ1) is 9.20. The molecule has 0 aromatic carbocycles. The Morgan fingerprint density at radius 2 is 2.16 bits per heavy atom. The van der Waals surface area contributed by atoms with Crippen molar-refractivity contribution in [2.24, 2.45) is 0 Å². The molecule has 2 aromatic rings. The van der Waals surface area contributed by atoms with Crippen molar-refractivity contribution in [1.82, 2.24) is 5.32 Å². The fraction of sp³-hybridized carbons (Fsp3) is 0.429. The summed E-state index contributed by atoms with van der Waals surface area (Å²) < 4.78 is 0.857. The molecule has 0 saturated heterocycles. The molecule has 2 rings (SSSR count). The van der Waals surface area contributed by atoms with Gasteiger partial charge in [-0.25, -0.2) is 0 Å². The van der Waals surface area contributed by atoms with Crippen LogP contribution in [0.4, 0.5) is 0 Å². The van der Waals surface area contributed by atoms with Crippen molar-refractivity contribution in [2.45, 2.75) is 25.4 Å². The molecule has 2 unspecified atom stereocenters. The van der Waals surface area contributed by atoms with E-state index in [4.69, 9.17) is 11.6 Å². The standard InChI is InChI=1S/C14H18ClNS3/c1-10(7-9-17-2)16-14(11-4-3-8-18-11)12-5-6-13(15)19-12/h3-6,8,10,14,16H,7,9H2,1-2H3. The Labute approximate surface area is 132 Å². The summed E-state index contributed by atoms with van der Waals surface area (Å²) in [6, 6.07) is 9.19. The summed E-state index contributed by atoms with van der Waals surface area (Å²) in [6.07, 6.45) is 3.34. The number of thiophene rings is 2. The van der Waals surface area contributed by atoms with Gasteiger partial charge in [-0.1, -0.05) is 17.7 Å². The van der Waals surface area contributed by atoms with Crippen molar-refractivity contribution in [3.05, 3.63) is 43.7 Å². The zero-order valence-electron chi connectivity index (χ0n) is 11.1. The number of halogens is 1. The molecule has 19 heavy (non-hydrogen) atoms. The van der Waals surface area contributed by atoms with Gasteiger partial charge in [0.1, 0.15) is 0 Å². The van der Waals surface area contributed by atoms with Gasteiger partial charge in [0, 0.05) is 15.8 Å². The predicted octanol–water partition coefficient (Wildman–Crippen LogP) is 5.28. The summed E-state index contributed by atoms with van der Waals surface area (Å²) in [5, 5.41) is 5.86. The summed E-state index contributed by atoms with van der Waals surface area (Å²) in [5.74, 6) is 1.19. The fourth-order valence-corrected chi connectivity index (χ4v) is 4.51. The SMILES string of the molecule is CSCCC(C)NC(c1cccs1)c1ccc(Cl)s1. The van der Waals surface area contributed by atoms with Crippen molar-refractivity contribution < 1.29 is 0 Å². The fourth-order valence-electron chi connectivity index (χ4n) is 1.91. The lowest BCUT2D eigenvalue weighted by atomic mass is 10.1. The minimum Gasteiger partial charge on any atom is -0.302 e. The second-order valence-electron chi connectivity index (χ2n) is 4.44. The van der Waals surface area contributed by atoms with Crippen LogP contribution in [0.3, 0.4) is 0 Å². The molecule has 0 aliphatic heterocycles. The molecule has 5 heteroatoms. The van der Waals surface area contributed by atoms with E-state index in [9.17, 15) is 0 Å². The molecule has 2 aromatic heterocycles. The predicted molar refractivity (Wildman–Crippen MR) is 91.1 cm³/mol. The van der Waals surface area contributed by atoms with E-state index < -0.39 is 0 Å². The van der Waals surface area contributed by atoms with Crippen molar-refractivity contribution >= 4 is 46.0 Å². The summed E-state index contributed by atoms with van der Waals surface area (Å²) in [5.41, 5.74) is 0. The van der Waals surface area contributed by atoms with Crippen molar-refractivity contribution in [1.29, 1.82) is 0 Å². The summed E-state index contributed by atoms with van der Waals surface area (Å²) >= 11 is 11.4. The Kier molecular flexibility index (Phi) is 6.23. The number of hydrogen-bond acceptors (Lipinski definition) is 4. The molecule has 0 amide bonds. The summed E-state index contributed by atoms with van der Waals surface area (Å²) in [7, 11) is 0. The Morgan fingerprint density at radius 1 is 1.32 bits per heavy atom. The maximum absolute atomic E-state index is 6.08. The van der Waals surface area contributed by atoms with E-state index in [1.54, 1.807) is 22.7 Å². The van der Waals surface area contributed by atoms with Gasteiger partial charge in [0.25, 0.3) is 0 Å². The molecule has 2 heterocycles. The first-order valence-corrected chi connectivity index (χ1v) is 9.71. The lowest BCUT2D eigenvalue weighted by Gasteiger charge is -2.21. The molecule has 0 fully saturated rings. The molecule has 0 bridgehead atoms. The molecular weight excluding hydrogens is 314 g/mol. The Bertz CT molecular complexity index is 481. The van der Waals surface area contributed by atoms with E-state index in [1.807, 2.05) is 17.8 Å². The highest BCUT2D eigenvalue weighted by Gasteiger charge is 2.19. The third-order valence-corrected chi connectivity index (χ3v) is 5.79. The highest BCUT2D eigenvalue weighted by molar-refractivity contribution is 7.98. The summed E-state index contributed by atoms with van der Waals surface area (Å²) in [4.78, 5) is 2.65. The molecule has 0 aliphatic carbocycles. The van der Waals surface area contributed by atoms with Gasteiger partial charge in [0.2, 0.25) is 0 Å². The van der Waals surface area contributed by atoms with Crippen LogP contribution in [0.25, 0.3) is 0 Å². The smallest absolute Gasteiger partial charge is 0.0931 e. The van der Waals surface area contributed by atoms with Gasteiger partial charge in [-0.15, -0.1) is 22.7 Å². The lowest BCUT2D eigenvalue weighted by molar-refractivity contribution is 0.498. The van der Waals surface area contributed by atoms with Crippen LogP contribution in [0, 0.1) is 0 Å². The molecule has 0 aliphatic rings. The van der Waals surface area contributed by atoms with Crippen molar-refractivity contribution in [3.8, 4) is 0 Å². The minimum absolute atomic E-state index is 0.273. The van der Waals surface area contributed by atoms with Crippen LogP contribution in [0.1, 0.15) is 29.1 Å². The number of nitrogens with one attached hydrogen (secondary N) is 1. The van der Waals surface area contributed by atoms with Crippen LogP contribution in [-0.4, -0.2) is 18.1 Å². The Hall–Kier alpha value is -0.0000000000000000278. The lowest BCUT2D eigenvalue weighted by Crippen LogP contribution is -2.30. The monoisotopic (exact) mass is 331 g/mol. The number of thioether (sulfide) groups is 1. The molecule has 0 saturated carbocycles. The van der Waals surface area contributed by atoms with E-state index in [0.29, 0.717) is 6.04 Å². The van der Waals surface area contributed by atoms with Crippen LogP contribution >= 0.6 is 46.0 Å². The van der Waals surface area contributed by atoms with Gasteiger partial charge in [-0.2, -0.15) is 11.8 Å². The largest absolute Gasteiger partial charge is 0.302 e. The van der Waals surface area contributed by atoms with Gasteiger partial charge < -0.3 is 5.32 Å². The maximum atomic E-state index is 6.08. The second-order valence-corrected chi connectivity index (χ2v) is 8.15. The van der Waals surface area contributed by atoms with E-state index in [2.05, 4.69) is 42.1 Å². The number of rotatable bonds is 7. The molecule has 2 atom stereocenters. The molecule has 0 radical (unpaired) electrons. The highest BCUT2D eigenvalue weighted by atomic mass is 35.5. The van der Waals surface area contributed by atoms with E-state index >= 15 is 0 Å². The van der Waals surface area contributed by atoms with Crippen LogP contribution in [0.2, 0.25) is 4.34 Å². The van der Waals surface area contributed by atoms with Crippen LogP contribution < -0.4 is 5.32 Å². The van der Waals surface area contributed by atoms with Gasteiger partial charge in [0.15, 0.2) is 0 Å². The molecule has 0 spiro atoms. The first kappa shape index (κ1) is 15.4. The van der Waals surface area contributed by atoms with Gasteiger partial charge in [-0.05, 0) is 48.9 Å². The van der Waals surface area contributed by atoms with Gasteiger partial charge in [0.05, 0.1) is 10.4 Å². The van der Waals surface area contributed by atoms with E-state index in [0.717, 1.165) is 4.34 Å². The summed E-state index contributed by atoms with van der Waals surface area (Å²) in [6.45, 7) is 2.26. The topological polar surface area (TPSA) is 12.0 Å². The van der Waals surface area contributed by atoms with E-state index in [1.165, 1.54) is 21.9 Å². The first-order valence-electron chi connectivity index (χ1n) is 6.24. The van der Waals surface area contributed by atoms with Crippen molar-refractivity contribution in [3.63, 3.8) is 0 Å². The van der Waals surface area contributed by atoms with Crippen LogP contribution in [0.5, 0.6) is 0 Å². The van der Waals surface area contributed by atoms with E-state index in [-0.39, 0.29) is 6.04 Å². The van der Waals surface area contributed by atoms with Gasteiger partial charge in [-0.3, -0.25) is 0 Å². The minimum atomic E-state index is 0.273. The maximum Gasteiger partial charge on any atom is 0.0931 e. The third kappa shape index (κ3) is 4.50. The molecular formula is C14H18ClNS3. The van der Waals surface area contributed by atoms with Gasteiger partial charge >= 0.3 is 0 Å². The third-order valence-electron chi connectivity index (χ3n) is 2.91. The quantitative estimate of drug-likeness (QED) is 0.740. The molecule has 1 N–H and O–H groups in total. The average molecular weight is 332 g/mol. The average Bonchev–Trinajstić information content (AvgIpc) is 3.04. The molecule has 104 valence electrons. The Balaban J connectivity index is 2.11. The van der Waals surface area contributed by atoms with Crippen LogP contribution in [0.15, 0.2) is 29.6 Å². The Morgan fingerprint density at radius 3 is 2.74 bits per heavy atom. The van der Waals surface area contributed by atoms with Crippen LogP contribution in [-0.2, 0) is 0 Å². The zero-order valence-corrected chi connectivity index (χ0v) is 14.3. The molecule has 1 nitrogen and oxygen atoms in total. The zero-order chi connectivity index (χ0) is 13.7. The van der Waals surface area contributed by atoms with Crippen molar-refractivity contribution in [2.75, 3.05) is 12.0 Å². The number of hydrogen-bond donors (Lipinski definition) is 1.